The van der Waals surface area contributed by atoms with Gasteiger partial charge in [-0.05, 0) is 42.5 Å². The number of amides is 2. The van der Waals surface area contributed by atoms with Gasteiger partial charge in [0.05, 0.1) is 28.7 Å². The van der Waals surface area contributed by atoms with Crippen LogP contribution in [0.5, 0.6) is 11.5 Å². The summed E-state index contributed by atoms with van der Waals surface area (Å²) in [7, 11) is 0. The van der Waals surface area contributed by atoms with Crippen molar-refractivity contribution >= 4 is 17.4 Å². The molecule has 2 amide bonds. The van der Waals surface area contributed by atoms with E-state index in [1.165, 1.54) is 18.2 Å². The fourth-order valence-electron chi connectivity index (χ4n) is 2.31. The minimum absolute atomic E-state index is 0.191. The molecule has 27 heavy (non-hydrogen) atoms. The second-order valence-corrected chi connectivity index (χ2v) is 5.53. The molecule has 3 aromatic rings. The monoisotopic (exact) mass is 360 g/mol. The van der Waals surface area contributed by atoms with Crippen molar-refractivity contribution in [2.45, 2.75) is 6.61 Å². The van der Waals surface area contributed by atoms with Crippen LogP contribution in [-0.2, 0) is 6.61 Å². The Morgan fingerprint density at radius 1 is 1.07 bits per heavy atom. The van der Waals surface area contributed by atoms with E-state index >= 15 is 0 Å². The minimum atomic E-state index is -0.552. The minimum Gasteiger partial charge on any atom is -0.506 e. The Bertz CT molecular complexity index is 984. The van der Waals surface area contributed by atoms with Crippen LogP contribution in [-0.4, -0.2) is 16.1 Å². The van der Waals surface area contributed by atoms with Crippen LogP contribution in [0.25, 0.3) is 0 Å². The SMILES string of the molecule is N#Cc1ccc(NC(=O)Nc2ccccc2OCc2ccccn2)c(O)c1. The number of phenols is 1. The lowest BCUT2D eigenvalue weighted by atomic mass is 10.2. The topological polar surface area (TPSA) is 107 Å². The summed E-state index contributed by atoms with van der Waals surface area (Å²) in [6, 6.07) is 18.1. The molecule has 0 unspecified atom stereocenters. The molecular weight excluding hydrogens is 344 g/mol. The maximum absolute atomic E-state index is 12.2. The van der Waals surface area contributed by atoms with Gasteiger partial charge in [-0.15, -0.1) is 0 Å². The summed E-state index contributed by atoms with van der Waals surface area (Å²) >= 11 is 0. The van der Waals surface area contributed by atoms with Gasteiger partial charge in [0, 0.05) is 6.20 Å². The number of benzene rings is 2. The van der Waals surface area contributed by atoms with E-state index in [0.717, 1.165) is 5.69 Å². The first kappa shape index (κ1) is 17.8. The summed E-state index contributed by atoms with van der Waals surface area (Å²) in [5.74, 6) is 0.297. The second-order valence-electron chi connectivity index (χ2n) is 5.53. The number of nitrogens with one attached hydrogen (secondary N) is 2. The lowest BCUT2D eigenvalue weighted by molar-refractivity contribution is 0.261. The number of pyridine rings is 1. The summed E-state index contributed by atoms with van der Waals surface area (Å²) in [4.78, 5) is 16.4. The van der Waals surface area contributed by atoms with Crippen molar-refractivity contribution in [3.63, 3.8) is 0 Å². The van der Waals surface area contributed by atoms with Crippen LogP contribution in [0, 0.1) is 11.3 Å². The number of carbonyl (C=O) groups is 1. The molecule has 0 saturated heterocycles. The van der Waals surface area contributed by atoms with Crippen molar-refractivity contribution in [2.75, 3.05) is 10.6 Å². The number of nitrogens with zero attached hydrogens (tertiary/aromatic N) is 2. The lowest BCUT2D eigenvalue weighted by Crippen LogP contribution is -2.20. The summed E-state index contributed by atoms with van der Waals surface area (Å²) < 4.78 is 5.74. The van der Waals surface area contributed by atoms with E-state index in [-0.39, 0.29) is 18.0 Å². The molecule has 1 heterocycles. The lowest BCUT2D eigenvalue weighted by Gasteiger charge is -2.13. The van der Waals surface area contributed by atoms with Gasteiger partial charge in [0.2, 0.25) is 0 Å². The highest BCUT2D eigenvalue weighted by atomic mass is 16.5. The van der Waals surface area contributed by atoms with Crippen molar-refractivity contribution in [2.24, 2.45) is 0 Å². The molecule has 0 aliphatic heterocycles. The van der Waals surface area contributed by atoms with E-state index < -0.39 is 6.03 Å². The Hall–Kier alpha value is -4.05. The summed E-state index contributed by atoms with van der Waals surface area (Å²) in [5.41, 5.74) is 1.73. The highest BCUT2D eigenvalue weighted by Gasteiger charge is 2.10. The molecule has 3 rings (SSSR count). The van der Waals surface area contributed by atoms with Gasteiger partial charge in [-0.25, -0.2) is 4.79 Å². The number of aromatic hydroxyl groups is 1. The maximum atomic E-state index is 12.2. The zero-order chi connectivity index (χ0) is 19.1. The first-order chi connectivity index (χ1) is 13.2. The fraction of sp³-hybridized carbons (Fsp3) is 0.0500. The Kier molecular flexibility index (Phi) is 5.50. The Labute approximate surface area is 155 Å². The van der Waals surface area contributed by atoms with E-state index in [0.29, 0.717) is 17.0 Å². The predicted molar refractivity (Wildman–Crippen MR) is 100 cm³/mol. The van der Waals surface area contributed by atoms with Crippen molar-refractivity contribution in [3.05, 3.63) is 78.1 Å². The number of carbonyl (C=O) groups excluding carboxylic acids is 1. The standard InChI is InChI=1S/C20H16N4O3/c21-12-14-8-9-16(18(25)11-14)23-20(26)24-17-6-1-2-7-19(17)27-13-15-5-3-4-10-22-15/h1-11,25H,13H2,(H2,23,24,26). The average Bonchev–Trinajstić information content (AvgIpc) is 2.69. The van der Waals surface area contributed by atoms with Gasteiger partial charge in [0.25, 0.3) is 0 Å². The number of ether oxygens (including phenoxy) is 1. The third kappa shape index (κ3) is 4.74. The molecule has 0 fully saturated rings. The number of urea groups is 1. The van der Waals surface area contributed by atoms with E-state index in [2.05, 4.69) is 15.6 Å². The maximum Gasteiger partial charge on any atom is 0.323 e. The molecule has 0 atom stereocenters. The first-order valence-corrected chi connectivity index (χ1v) is 8.08. The summed E-state index contributed by atoms with van der Waals surface area (Å²) in [6.45, 7) is 0.261. The van der Waals surface area contributed by atoms with Gasteiger partial charge in [-0.3, -0.25) is 4.98 Å². The van der Waals surface area contributed by atoms with Gasteiger partial charge in [0.15, 0.2) is 0 Å². The van der Waals surface area contributed by atoms with Gasteiger partial charge in [-0.1, -0.05) is 18.2 Å². The highest BCUT2D eigenvalue weighted by molar-refractivity contribution is 6.01. The Morgan fingerprint density at radius 2 is 1.85 bits per heavy atom. The fourth-order valence-corrected chi connectivity index (χ4v) is 2.31. The molecule has 0 aliphatic rings. The zero-order valence-corrected chi connectivity index (χ0v) is 14.2. The highest BCUT2D eigenvalue weighted by Crippen LogP contribution is 2.27. The van der Waals surface area contributed by atoms with Crippen LogP contribution < -0.4 is 15.4 Å². The predicted octanol–water partition coefficient (Wildman–Crippen LogP) is 3.88. The number of phenolic OH excluding ortho intramolecular Hbond substituents is 1. The largest absolute Gasteiger partial charge is 0.506 e. The van der Waals surface area contributed by atoms with Gasteiger partial charge in [-0.2, -0.15) is 5.26 Å². The quantitative estimate of drug-likeness (QED) is 0.599. The molecule has 2 aromatic carbocycles. The smallest absolute Gasteiger partial charge is 0.323 e. The van der Waals surface area contributed by atoms with E-state index in [9.17, 15) is 9.90 Å². The number of nitriles is 1. The van der Waals surface area contributed by atoms with Crippen molar-refractivity contribution in [1.29, 1.82) is 5.26 Å². The number of rotatable bonds is 5. The number of hydrogen-bond donors (Lipinski definition) is 3. The molecule has 134 valence electrons. The molecule has 0 spiro atoms. The van der Waals surface area contributed by atoms with Gasteiger partial charge in [0.1, 0.15) is 18.1 Å². The number of para-hydroxylation sites is 2. The molecule has 3 N–H and O–H groups in total. The normalized spacial score (nSPS) is 9.89. The van der Waals surface area contributed by atoms with Crippen molar-refractivity contribution in [3.8, 4) is 17.6 Å². The molecule has 7 nitrogen and oxygen atoms in total. The van der Waals surface area contributed by atoms with Crippen molar-refractivity contribution in [1.82, 2.24) is 4.98 Å². The molecule has 0 saturated carbocycles. The van der Waals surface area contributed by atoms with E-state index in [4.69, 9.17) is 10.00 Å². The Morgan fingerprint density at radius 3 is 2.59 bits per heavy atom. The van der Waals surface area contributed by atoms with Crippen LogP contribution in [0.4, 0.5) is 16.2 Å². The third-order valence-electron chi connectivity index (χ3n) is 3.61. The number of hydrogen-bond acceptors (Lipinski definition) is 5. The molecule has 0 radical (unpaired) electrons. The molecule has 0 bridgehead atoms. The van der Waals surface area contributed by atoms with Crippen LogP contribution in [0.2, 0.25) is 0 Å². The number of aromatic nitrogens is 1. The molecule has 1 aromatic heterocycles. The molecule has 0 aliphatic carbocycles. The number of anilines is 2. The molecule has 7 heteroatoms. The first-order valence-electron chi connectivity index (χ1n) is 8.08. The van der Waals surface area contributed by atoms with E-state index in [1.54, 1.807) is 30.5 Å². The van der Waals surface area contributed by atoms with Gasteiger partial charge >= 0.3 is 6.03 Å². The zero-order valence-electron chi connectivity index (χ0n) is 14.2. The summed E-state index contributed by atoms with van der Waals surface area (Å²) in [6.07, 6.45) is 1.68. The van der Waals surface area contributed by atoms with Gasteiger partial charge < -0.3 is 20.5 Å². The average molecular weight is 360 g/mol. The van der Waals surface area contributed by atoms with E-state index in [1.807, 2.05) is 24.3 Å². The Balaban J connectivity index is 1.67. The van der Waals surface area contributed by atoms with Crippen LogP contribution in [0.1, 0.15) is 11.3 Å². The van der Waals surface area contributed by atoms with Crippen LogP contribution in [0.3, 0.4) is 0 Å². The van der Waals surface area contributed by atoms with Crippen LogP contribution >= 0.6 is 0 Å². The second kappa shape index (κ2) is 8.36. The van der Waals surface area contributed by atoms with Crippen LogP contribution in [0.15, 0.2) is 66.9 Å². The summed E-state index contributed by atoms with van der Waals surface area (Å²) in [5, 5.41) is 23.9. The third-order valence-corrected chi connectivity index (χ3v) is 3.61. The molecular formula is C20H16N4O3. The van der Waals surface area contributed by atoms with Crippen molar-refractivity contribution < 1.29 is 14.6 Å².